The van der Waals surface area contributed by atoms with Gasteiger partial charge in [-0.3, -0.25) is 4.79 Å². The number of hydrogen-bond donors (Lipinski definition) is 0. The van der Waals surface area contributed by atoms with Gasteiger partial charge >= 0.3 is 6.18 Å². The summed E-state index contributed by atoms with van der Waals surface area (Å²) in [6.45, 7) is 0.435. The van der Waals surface area contributed by atoms with Gasteiger partial charge in [0.1, 0.15) is 0 Å². The van der Waals surface area contributed by atoms with Crippen molar-refractivity contribution in [3.05, 3.63) is 71.6 Å². The SMILES string of the molecule is O=C1CC(c2nc(-c3ccccc3)no2)CN1Cc1cccc(C(F)(F)F)c1. The number of nitrogens with zero attached hydrogens (tertiary/aromatic N) is 3. The molecule has 0 radical (unpaired) electrons. The molecule has 144 valence electrons. The molecule has 28 heavy (non-hydrogen) atoms. The van der Waals surface area contributed by atoms with Gasteiger partial charge in [-0.2, -0.15) is 18.2 Å². The highest BCUT2D eigenvalue weighted by Gasteiger charge is 2.35. The summed E-state index contributed by atoms with van der Waals surface area (Å²) in [6, 6.07) is 14.3. The monoisotopic (exact) mass is 387 g/mol. The first-order valence-electron chi connectivity index (χ1n) is 8.73. The molecule has 4 rings (SSSR count). The van der Waals surface area contributed by atoms with E-state index in [1.165, 1.54) is 11.0 Å². The Morgan fingerprint density at radius 3 is 2.64 bits per heavy atom. The van der Waals surface area contributed by atoms with Crippen LogP contribution < -0.4 is 0 Å². The van der Waals surface area contributed by atoms with Crippen LogP contribution in [0.4, 0.5) is 13.2 Å². The predicted molar refractivity (Wildman–Crippen MR) is 94.0 cm³/mol. The summed E-state index contributed by atoms with van der Waals surface area (Å²) in [4.78, 5) is 18.2. The second kappa shape index (κ2) is 7.10. The van der Waals surface area contributed by atoms with Crippen LogP contribution in [0.25, 0.3) is 11.4 Å². The van der Waals surface area contributed by atoms with E-state index in [0.29, 0.717) is 23.8 Å². The van der Waals surface area contributed by atoms with Gasteiger partial charge in [0.2, 0.25) is 17.6 Å². The lowest BCUT2D eigenvalue weighted by atomic mass is 10.1. The van der Waals surface area contributed by atoms with Crippen LogP contribution in [0.3, 0.4) is 0 Å². The van der Waals surface area contributed by atoms with Gasteiger partial charge in [0.15, 0.2) is 0 Å². The fraction of sp³-hybridized carbons (Fsp3) is 0.250. The molecule has 1 aliphatic rings. The van der Waals surface area contributed by atoms with Gasteiger partial charge in [0.05, 0.1) is 11.5 Å². The van der Waals surface area contributed by atoms with E-state index in [4.69, 9.17) is 4.52 Å². The molecule has 3 aromatic rings. The third-order valence-electron chi connectivity index (χ3n) is 4.67. The molecule has 2 aromatic carbocycles. The van der Waals surface area contributed by atoms with Crippen molar-refractivity contribution in [1.29, 1.82) is 0 Å². The quantitative estimate of drug-likeness (QED) is 0.671. The molecule has 1 unspecified atom stereocenters. The Bertz CT molecular complexity index is 986. The van der Waals surface area contributed by atoms with E-state index in [-0.39, 0.29) is 24.8 Å². The zero-order valence-corrected chi connectivity index (χ0v) is 14.7. The lowest BCUT2D eigenvalue weighted by molar-refractivity contribution is -0.137. The van der Waals surface area contributed by atoms with Crippen molar-refractivity contribution in [2.75, 3.05) is 6.54 Å². The van der Waals surface area contributed by atoms with Crippen molar-refractivity contribution in [3.63, 3.8) is 0 Å². The van der Waals surface area contributed by atoms with Gasteiger partial charge in [0.25, 0.3) is 0 Å². The smallest absolute Gasteiger partial charge is 0.339 e. The van der Waals surface area contributed by atoms with Crippen molar-refractivity contribution in [3.8, 4) is 11.4 Å². The Morgan fingerprint density at radius 2 is 1.89 bits per heavy atom. The second-order valence-corrected chi connectivity index (χ2v) is 6.70. The molecule has 1 atom stereocenters. The average molecular weight is 387 g/mol. The van der Waals surface area contributed by atoms with E-state index in [2.05, 4.69) is 10.1 Å². The molecule has 1 amide bonds. The minimum absolute atomic E-state index is 0.110. The Hall–Kier alpha value is -3.16. The molecule has 0 bridgehead atoms. The van der Waals surface area contributed by atoms with Crippen molar-refractivity contribution in [2.45, 2.75) is 25.1 Å². The maximum atomic E-state index is 12.9. The summed E-state index contributed by atoms with van der Waals surface area (Å²) in [6.07, 6.45) is -4.22. The number of likely N-dealkylation sites (tertiary alicyclic amines) is 1. The number of aromatic nitrogens is 2. The summed E-state index contributed by atoms with van der Waals surface area (Å²) < 4.78 is 44.0. The highest BCUT2D eigenvalue weighted by atomic mass is 19.4. The van der Waals surface area contributed by atoms with Crippen LogP contribution in [-0.2, 0) is 17.5 Å². The van der Waals surface area contributed by atoms with Gasteiger partial charge < -0.3 is 9.42 Å². The van der Waals surface area contributed by atoms with E-state index in [1.54, 1.807) is 6.07 Å². The van der Waals surface area contributed by atoms with Gasteiger partial charge in [-0.25, -0.2) is 0 Å². The summed E-state index contributed by atoms with van der Waals surface area (Å²) in [5, 5.41) is 3.96. The first kappa shape index (κ1) is 18.2. The van der Waals surface area contributed by atoms with Gasteiger partial charge in [-0.05, 0) is 17.7 Å². The number of carbonyl (C=O) groups excluding carboxylic acids is 1. The highest BCUT2D eigenvalue weighted by Crippen LogP contribution is 2.32. The van der Waals surface area contributed by atoms with E-state index in [9.17, 15) is 18.0 Å². The molecule has 0 aliphatic carbocycles. The molecule has 1 fully saturated rings. The molecule has 0 saturated carbocycles. The topological polar surface area (TPSA) is 59.2 Å². The molecular weight excluding hydrogens is 371 g/mol. The van der Waals surface area contributed by atoms with E-state index in [0.717, 1.165) is 17.7 Å². The fourth-order valence-corrected chi connectivity index (χ4v) is 3.26. The third kappa shape index (κ3) is 3.76. The normalized spacial score (nSPS) is 17.3. The van der Waals surface area contributed by atoms with Crippen LogP contribution in [0.1, 0.15) is 29.4 Å². The molecular formula is C20H16F3N3O2. The number of rotatable bonds is 4. The highest BCUT2D eigenvalue weighted by molar-refractivity contribution is 5.79. The standard InChI is InChI=1S/C20H16F3N3O2/c21-20(22,23)16-8-4-5-13(9-16)11-26-12-15(10-17(26)27)19-24-18(25-28-19)14-6-2-1-3-7-14/h1-9,15H,10-12H2. The summed E-state index contributed by atoms with van der Waals surface area (Å²) in [7, 11) is 0. The largest absolute Gasteiger partial charge is 0.416 e. The third-order valence-corrected chi connectivity index (χ3v) is 4.67. The van der Waals surface area contributed by atoms with Crippen molar-refractivity contribution >= 4 is 5.91 Å². The second-order valence-electron chi connectivity index (χ2n) is 6.70. The van der Waals surface area contributed by atoms with Crippen LogP contribution in [0.15, 0.2) is 59.1 Å². The molecule has 1 aromatic heterocycles. The molecule has 1 saturated heterocycles. The average Bonchev–Trinajstić information content (AvgIpc) is 3.30. The molecule has 1 aliphatic heterocycles. The van der Waals surface area contributed by atoms with E-state index < -0.39 is 11.7 Å². The Balaban J connectivity index is 1.47. The fourth-order valence-electron chi connectivity index (χ4n) is 3.26. The number of amides is 1. The molecule has 5 nitrogen and oxygen atoms in total. The Morgan fingerprint density at radius 1 is 1.11 bits per heavy atom. The van der Waals surface area contributed by atoms with Crippen LogP contribution in [-0.4, -0.2) is 27.5 Å². The Kier molecular flexibility index (Phi) is 4.62. The maximum Gasteiger partial charge on any atom is 0.416 e. The summed E-state index contributed by atoms with van der Waals surface area (Å²) in [5.41, 5.74) is 0.513. The van der Waals surface area contributed by atoms with Crippen LogP contribution in [0, 0.1) is 0 Å². The van der Waals surface area contributed by atoms with Gasteiger partial charge in [-0.15, -0.1) is 0 Å². The lowest BCUT2D eigenvalue weighted by Crippen LogP contribution is -2.24. The maximum absolute atomic E-state index is 12.9. The first-order valence-corrected chi connectivity index (χ1v) is 8.73. The van der Waals surface area contributed by atoms with Gasteiger partial charge in [-0.1, -0.05) is 47.6 Å². The minimum atomic E-state index is -4.41. The molecule has 0 N–H and O–H groups in total. The number of halogens is 3. The zero-order chi connectivity index (χ0) is 19.7. The number of carbonyl (C=O) groups is 1. The Labute approximate surface area is 158 Å². The summed E-state index contributed by atoms with van der Waals surface area (Å²) >= 11 is 0. The lowest BCUT2D eigenvalue weighted by Gasteiger charge is -2.17. The molecule has 0 spiro atoms. The number of alkyl halides is 3. The van der Waals surface area contributed by atoms with Crippen LogP contribution >= 0.6 is 0 Å². The molecule has 2 heterocycles. The van der Waals surface area contributed by atoms with Gasteiger partial charge in [0, 0.05) is 25.1 Å². The zero-order valence-electron chi connectivity index (χ0n) is 14.7. The van der Waals surface area contributed by atoms with E-state index in [1.807, 2.05) is 30.3 Å². The molecule has 8 heteroatoms. The number of hydrogen-bond acceptors (Lipinski definition) is 4. The van der Waals surface area contributed by atoms with Crippen LogP contribution in [0.2, 0.25) is 0 Å². The van der Waals surface area contributed by atoms with Crippen molar-refractivity contribution in [2.24, 2.45) is 0 Å². The van der Waals surface area contributed by atoms with E-state index >= 15 is 0 Å². The van der Waals surface area contributed by atoms with Crippen LogP contribution in [0.5, 0.6) is 0 Å². The number of benzene rings is 2. The first-order chi connectivity index (χ1) is 13.4. The van der Waals surface area contributed by atoms with Crippen molar-refractivity contribution in [1.82, 2.24) is 15.0 Å². The van der Waals surface area contributed by atoms with Crippen molar-refractivity contribution < 1.29 is 22.5 Å². The predicted octanol–water partition coefficient (Wildman–Crippen LogP) is 4.27. The summed E-state index contributed by atoms with van der Waals surface area (Å²) in [5.74, 6) is 0.378. The minimum Gasteiger partial charge on any atom is -0.339 e.